The van der Waals surface area contributed by atoms with Crippen LogP contribution in [0.5, 0.6) is 5.75 Å². The Morgan fingerprint density at radius 2 is 1.94 bits per heavy atom. The molecule has 0 spiro atoms. The van der Waals surface area contributed by atoms with E-state index >= 15 is 0 Å². The van der Waals surface area contributed by atoms with Crippen molar-refractivity contribution >= 4 is 11.8 Å². The number of benzene rings is 1. The Morgan fingerprint density at radius 1 is 1.15 bits per heavy atom. The van der Waals surface area contributed by atoms with Crippen molar-refractivity contribution in [1.82, 2.24) is 9.88 Å². The van der Waals surface area contributed by atoms with Gasteiger partial charge < -0.3 is 14.4 Å². The Bertz CT molecular complexity index is 885. The van der Waals surface area contributed by atoms with Gasteiger partial charge in [0.25, 0.3) is 0 Å². The fraction of sp³-hybridized carbons (Fsp3) is 0.571. The SMILES string of the molecule is CCCCCCOc1ccc(CN(CC)[C@@H]2CCN(c3ncccc3C(=O)OC(C)C)C2)cc1. The highest BCUT2D eigenvalue weighted by Crippen LogP contribution is 2.26. The summed E-state index contributed by atoms with van der Waals surface area (Å²) < 4.78 is 11.3. The molecule has 1 fully saturated rings. The summed E-state index contributed by atoms with van der Waals surface area (Å²) in [7, 11) is 0. The number of pyridine rings is 1. The zero-order valence-electron chi connectivity index (χ0n) is 21.3. The predicted octanol–water partition coefficient (Wildman–Crippen LogP) is 5.71. The zero-order valence-corrected chi connectivity index (χ0v) is 21.3. The van der Waals surface area contributed by atoms with Crippen LogP contribution in [0.2, 0.25) is 0 Å². The van der Waals surface area contributed by atoms with Crippen molar-refractivity contribution in [3.63, 3.8) is 0 Å². The zero-order chi connectivity index (χ0) is 24.3. The molecule has 3 rings (SSSR count). The first-order valence-electron chi connectivity index (χ1n) is 12.9. The van der Waals surface area contributed by atoms with Gasteiger partial charge in [-0.15, -0.1) is 0 Å². The van der Waals surface area contributed by atoms with Gasteiger partial charge in [-0.05, 0) is 63.1 Å². The molecule has 1 aliphatic heterocycles. The van der Waals surface area contributed by atoms with E-state index in [1.807, 2.05) is 19.9 Å². The standard InChI is InChI=1S/C28H41N3O3/c1-5-7-8-9-19-33-25-14-12-23(13-15-25)20-30(6-2)24-16-18-31(21-24)27-26(11-10-17-29-27)28(32)34-22(3)4/h10-15,17,22,24H,5-9,16,18-21H2,1-4H3/t24-/m1/s1. The van der Waals surface area contributed by atoms with E-state index in [4.69, 9.17) is 9.47 Å². The third-order valence-electron chi connectivity index (χ3n) is 6.31. The molecule has 1 saturated heterocycles. The highest BCUT2D eigenvalue weighted by Gasteiger charge is 2.30. The average molecular weight is 468 g/mol. The molecule has 1 aliphatic rings. The fourth-order valence-corrected chi connectivity index (χ4v) is 4.46. The first-order chi connectivity index (χ1) is 16.5. The third kappa shape index (κ3) is 7.45. The molecule has 1 aromatic heterocycles. The van der Waals surface area contributed by atoms with Crippen molar-refractivity contribution in [3.05, 3.63) is 53.7 Å². The highest BCUT2D eigenvalue weighted by atomic mass is 16.5. The lowest BCUT2D eigenvalue weighted by Crippen LogP contribution is -2.37. The first-order valence-corrected chi connectivity index (χ1v) is 12.9. The molecule has 0 aliphatic carbocycles. The van der Waals surface area contributed by atoms with Crippen LogP contribution < -0.4 is 9.64 Å². The van der Waals surface area contributed by atoms with Crippen LogP contribution in [-0.2, 0) is 11.3 Å². The van der Waals surface area contributed by atoms with Crippen LogP contribution in [0.25, 0.3) is 0 Å². The third-order valence-corrected chi connectivity index (χ3v) is 6.31. The number of unbranched alkanes of at least 4 members (excludes halogenated alkanes) is 3. The van der Waals surface area contributed by atoms with Crippen LogP contribution in [0.3, 0.4) is 0 Å². The van der Waals surface area contributed by atoms with Crippen molar-refractivity contribution in [1.29, 1.82) is 0 Å². The largest absolute Gasteiger partial charge is 0.494 e. The Hall–Kier alpha value is -2.60. The molecule has 2 aromatic rings. The van der Waals surface area contributed by atoms with E-state index in [2.05, 4.69) is 52.9 Å². The minimum atomic E-state index is -0.304. The van der Waals surface area contributed by atoms with Crippen molar-refractivity contribution in [2.75, 3.05) is 31.1 Å². The maximum absolute atomic E-state index is 12.6. The molecule has 0 saturated carbocycles. The van der Waals surface area contributed by atoms with Crippen LogP contribution >= 0.6 is 0 Å². The van der Waals surface area contributed by atoms with E-state index < -0.39 is 0 Å². The van der Waals surface area contributed by atoms with Crippen molar-refractivity contribution in [2.24, 2.45) is 0 Å². The van der Waals surface area contributed by atoms with Crippen LogP contribution in [0.15, 0.2) is 42.6 Å². The van der Waals surface area contributed by atoms with Gasteiger partial charge in [0, 0.05) is 31.9 Å². The van der Waals surface area contributed by atoms with Gasteiger partial charge in [-0.25, -0.2) is 9.78 Å². The number of hydrogen-bond donors (Lipinski definition) is 0. The van der Waals surface area contributed by atoms with Crippen molar-refractivity contribution < 1.29 is 14.3 Å². The van der Waals surface area contributed by atoms with Gasteiger partial charge in [0.15, 0.2) is 0 Å². The van der Waals surface area contributed by atoms with Crippen LogP contribution in [0, 0.1) is 0 Å². The van der Waals surface area contributed by atoms with E-state index in [0.717, 1.165) is 57.2 Å². The van der Waals surface area contributed by atoms with E-state index in [1.54, 1.807) is 12.3 Å². The molecular formula is C28H41N3O3. The summed E-state index contributed by atoms with van der Waals surface area (Å²) in [5.41, 5.74) is 1.84. The van der Waals surface area contributed by atoms with E-state index in [9.17, 15) is 4.79 Å². The number of hydrogen-bond acceptors (Lipinski definition) is 6. The molecular weight excluding hydrogens is 426 g/mol. The van der Waals surface area contributed by atoms with Crippen molar-refractivity contribution in [2.45, 2.75) is 78.5 Å². The fourth-order valence-electron chi connectivity index (χ4n) is 4.46. The van der Waals surface area contributed by atoms with Gasteiger partial charge >= 0.3 is 5.97 Å². The van der Waals surface area contributed by atoms with Gasteiger partial charge in [0.2, 0.25) is 0 Å². The molecule has 186 valence electrons. The molecule has 0 N–H and O–H groups in total. The Kier molecular flexibility index (Phi) is 10.2. The summed E-state index contributed by atoms with van der Waals surface area (Å²) in [4.78, 5) is 21.8. The average Bonchev–Trinajstić information content (AvgIpc) is 3.33. The topological polar surface area (TPSA) is 54.9 Å². The molecule has 34 heavy (non-hydrogen) atoms. The molecule has 2 heterocycles. The summed E-state index contributed by atoms with van der Waals surface area (Å²) >= 11 is 0. The van der Waals surface area contributed by atoms with Gasteiger partial charge in [-0.2, -0.15) is 0 Å². The monoisotopic (exact) mass is 467 g/mol. The van der Waals surface area contributed by atoms with E-state index in [1.165, 1.54) is 24.8 Å². The quantitative estimate of drug-likeness (QED) is 0.278. The molecule has 6 heteroatoms. The number of aromatic nitrogens is 1. The number of rotatable bonds is 13. The van der Waals surface area contributed by atoms with Crippen molar-refractivity contribution in [3.8, 4) is 5.75 Å². The van der Waals surface area contributed by atoms with Gasteiger partial charge in [-0.3, -0.25) is 4.90 Å². The van der Waals surface area contributed by atoms with E-state index in [0.29, 0.717) is 11.6 Å². The number of nitrogens with zero attached hydrogens (tertiary/aromatic N) is 3. The number of esters is 1. The number of carbonyl (C=O) groups is 1. The summed E-state index contributed by atoms with van der Waals surface area (Å²) in [5.74, 6) is 1.38. The second kappa shape index (κ2) is 13.3. The van der Waals surface area contributed by atoms with Crippen LogP contribution in [0.1, 0.15) is 75.7 Å². The Balaban J connectivity index is 1.56. The summed E-state index contributed by atoms with van der Waals surface area (Å²) in [5, 5.41) is 0. The summed E-state index contributed by atoms with van der Waals surface area (Å²) in [6.45, 7) is 12.6. The number of anilines is 1. The maximum atomic E-state index is 12.6. The van der Waals surface area contributed by atoms with Gasteiger partial charge in [-0.1, -0.05) is 45.2 Å². The smallest absolute Gasteiger partial charge is 0.342 e. The summed E-state index contributed by atoms with van der Waals surface area (Å²) in [6, 6.07) is 12.5. The second-order valence-electron chi connectivity index (χ2n) is 9.33. The highest BCUT2D eigenvalue weighted by molar-refractivity contribution is 5.94. The number of carbonyl (C=O) groups excluding carboxylic acids is 1. The lowest BCUT2D eigenvalue weighted by molar-refractivity contribution is 0.0378. The van der Waals surface area contributed by atoms with E-state index in [-0.39, 0.29) is 12.1 Å². The first kappa shape index (κ1) is 26.0. The normalized spacial score (nSPS) is 15.8. The lowest BCUT2D eigenvalue weighted by atomic mass is 10.1. The molecule has 1 aromatic carbocycles. The Morgan fingerprint density at radius 3 is 2.65 bits per heavy atom. The maximum Gasteiger partial charge on any atom is 0.342 e. The van der Waals surface area contributed by atoms with Gasteiger partial charge in [0.1, 0.15) is 17.1 Å². The lowest BCUT2D eigenvalue weighted by Gasteiger charge is -2.28. The minimum Gasteiger partial charge on any atom is -0.494 e. The summed E-state index contributed by atoms with van der Waals surface area (Å²) in [6.07, 6.45) is 7.51. The molecule has 0 radical (unpaired) electrons. The molecule has 6 nitrogen and oxygen atoms in total. The molecule has 0 bridgehead atoms. The van der Waals surface area contributed by atoms with Crippen LogP contribution in [0.4, 0.5) is 5.82 Å². The number of likely N-dealkylation sites (N-methyl/N-ethyl adjacent to an activating group) is 1. The molecule has 0 unspecified atom stereocenters. The minimum absolute atomic E-state index is 0.152. The molecule has 1 atom stereocenters. The molecule has 0 amide bonds. The van der Waals surface area contributed by atoms with Crippen LogP contribution in [-0.4, -0.2) is 54.2 Å². The predicted molar refractivity (Wildman–Crippen MR) is 138 cm³/mol. The number of ether oxygens (including phenoxy) is 2. The van der Waals surface area contributed by atoms with Gasteiger partial charge in [0.05, 0.1) is 12.7 Å². The second-order valence-corrected chi connectivity index (χ2v) is 9.33. The Labute approximate surface area is 205 Å².